The summed E-state index contributed by atoms with van der Waals surface area (Å²) in [5.74, 6) is 1.95. The van der Waals surface area contributed by atoms with Gasteiger partial charge in [-0.15, -0.1) is 0 Å². The third-order valence-electron chi connectivity index (χ3n) is 5.92. The normalized spacial score (nSPS) is 19.2. The summed E-state index contributed by atoms with van der Waals surface area (Å²) in [6, 6.07) is 5.49. The van der Waals surface area contributed by atoms with Crippen LogP contribution in [0.4, 0.5) is 29.2 Å². The molecule has 0 amide bonds. The molecular formula is C23H27F4N5. The number of alkyl halides is 3. The number of hydrogen-bond donors (Lipinski definition) is 2. The maximum atomic E-state index is 13.5. The zero-order valence-electron chi connectivity index (χ0n) is 18.3. The van der Waals surface area contributed by atoms with E-state index in [1.54, 1.807) is 18.5 Å². The second kappa shape index (κ2) is 10.0. The Morgan fingerprint density at radius 2 is 1.88 bits per heavy atom. The lowest BCUT2D eigenvalue weighted by Crippen LogP contribution is -2.54. The number of nitrogens with zero attached hydrogens (tertiary/aromatic N) is 3. The Kier molecular flexibility index (Phi) is 7.37. The van der Waals surface area contributed by atoms with Crippen LogP contribution in [0.25, 0.3) is 5.57 Å². The molecule has 2 N–H and O–H groups in total. The van der Waals surface area contributed by atoms with Gasteiger partial charge >= 0.3 is 6.68 Å². The predicted octanol–water partition coefficient (Wildman–Crippen LogP) is 5.14. The highest BCUT2D eigenvalue weighted by molar-refractivity contribution is 5.75. The van der Waals surface area contributed by atoms with Crippen molar-refractivity contribution in [2.24, 2.45) is 5.92 Å². The SMILES string of the molecule is C=C(NCC1=C(C)c2cc(F)ccc2C1)Nc1cnc(N2CC(C)[C@H]2C)nc1.FC(F)F. The number of rotatable bonds is 6. The molecule has 4 rings (SSSR count). The Bertz CT molecular complexity index is 988. The highest BCUT2D eigenvalue weighted by Crippen LogP contribution is 2.32. The Morgan fingerprint density at radius 3 is 2.47 bits per heavy atom. The summed E-state index contributed by atoms with van der Waals surface area (Å²) < 4.78 is 42.5. The van der Waals surface area contributed by atoms with Gasteiger partial charge in [0.2, 0.25) is 5.95 Å². The summed E-state index contributed by atoms with van der Waals surface area (Å²) >= 11 is 0. The molecule has 1 aliphatic carbocycles. The minimum Gasteiger partial charge on any atom is -0.368 e. The Balaban J connectivity index is 0.000000668. The van der Waals surface area contributed by atoms with E-state index < -0.39 is 6.68 Å². The zero-order chi connectivity index (χ0) is 23.4. The second-order valence-corrected chi connectivity index (χ2v) is 8.05. The molecule has 1 saturated heterocycles. The van der Waals surface area contributed by atoms with Crippen molar-refractivity contribution in [3.8, 4) is 0 Å². The first-order valence-electron chi connectivity index (χ1n) is 10.3. The van der Waals surface area contributed by atoms with E-state index in [0.29, 0.717) is 24.3 Å². The molecule has 1 unspecified atom stereocenters. The van der Waals surface area contributed by atoms with Crippen molar-refractivity contribution in [2.45, 2.75) is 39.9 Å². The molecule has 172 valence electrons. The first kappa shape index (κ1) is 23.6. The topological polar surface area (TPSA) is 53.1 Å². The molecule has 32 heavy (non-hydrogen) atoms. The van der Waals surface area contributed by atoms with Gasteiger partial charge in [0.1, 0.15) is 5.82 Å². The molecule has 2 aromatic rings. The molecule has 0 spiro atoms. The first-order valence-corrected chi connectivity index (χ1v) is 10.3. The van der Waals surface area contributed by atoms with Crippen LogP contribution < -0.4 is 15.5 Å². The van der Waals surface area contributed by atoms with Crippen LogP contribution >= 0.6 is 0 Å². The van der Waals surface area contributed by atoms with Gasteiger partial charge in [0.05, 0.1) is 23.9 Å². The fourth-order valence-corrected chi connectivity index (χ4v) is 3.83. The number of hydrogen-bond acceptors (Lipinski definition) is 5. The van der Waals surface area contributed by atoms with E-state index in [2.05, 4.69) is 45.9 Å². The van der Waals surface area contributed by atoms with Gasteiger partial charge in [-0.2, -0.15) is 13.2 Å². The van der Waals surface area contributed by atoms with Gasteiger partial charge in [0.15, 0.2) is 0 Å². The van der Waals surface area contributed by atoms with Crippen molar-refractivity contribution in [2.75, 3.05) is 23.3 Å². The summed E-state index contributed by atoms with van der Waals surface area (Å²) in [5, 5.41) is 6.50. The van der Waals surface area contributed by atoms with Gasteiger partial charge < -0.3 is 15.5 Å². The van der Waals surface area contributed by atoms with Crippen molar-refractivity contribution >= 4 is 17.2 Å². The molecule has 2 aliphatic rings. The summed E-state index contributed by atoms with van der Waals surface area (Å²) in [4.78, 5) is 11.1. The first-order chi connectivity index (χ1) is 15.2. The van der Waals surface area contributed by atoms with Crippen LogP contribution in [0, 0.1) is 11.7 Å². The lowest BCUT2D eigenvalue weighted by molar-refractivity contribution is 0.00819. The van der Waals surface area contributed by atoms with E-state index in [-0.39, 0.29) is 5.82 Å². The van der Waals surface area contributed by atoms with Crippen LogP contribution in [0.3, 0.4) is 0 Å². The minimum absolute atomic E-state index is 0.191. The van der Waals surface area contributed by atoms with E-state index in [9.17, 15) is 17.6 Å². The largest absolute Gasteiger partial charge is 0.379 e. The van der Waals surface area contributed by atoms with Crippen LogP contribution in [0.15, 0.2) is 48.6 Å². The number of halogens is 4. The molecule has 1 aromatic carbocycles. The number of anilines is 2. The minimum atomic E-state index is -3.67. The summed E-state index contributed by atoms with van der Waals surface area (Å²) in [6.07, 6.45) is 4.40. The molecule has 5 nitrogen and oxygen atoms in total. The predicted molar refractivity (Wildman–Crippen MR) is 119 cm³/mol. The lowest BCUT2D eigenvalue weighted by Gasteiger charge is -2.44. The third kappa shape index (κ3) is 5.57. The van der Waals surface area contributed by atoms with Gasteiger partial charge in [0.25, 0.3) is 0 Å². The average Bonchev–Trinajstić information content (AvgIpc) is 3.05. The van der Waals surface area contributed by atoms with Crippen LogP contribution in [-0.4, -0.2) is 35.8 Å². The van der Waals surface area contributed by atoms with Crippen LogP contribution in [0.2, 0.25) is 0 Å². The highest BCUT2D eigenvalue weighted by Gasteiger charge is 2.33. The standard InChI is InChI=1S/C22H26FN5.CHF3/c1-13-12-28(15(13)3)22-25-10-20(11-26-22)27-16(4)24-9-18-7-17-5-6-19(23)8-21(17)14(18)2;2-1(3)4/h5-6,8,10-11,13,15,24,27H,4,7,9,12H2,1-3H3;1H/t13?,15-;/m1./s1. The lowest BCUT2D eigenvalue weighted by atomic mass is 9.93. The maximum absolute atomic E-state index is 13.5. The van der Waals surface area contributed by atoms with E-state index in [0.717, 1.165) is 35.7 Å². The van der Waals surface area contributed by atoms with Gasteiger partial charge in [-0.3, -0.25) is 0 Å². The van der Waals surface area contributed by atoms with E-state index in [1.807, 2.05) is 13.0 Å². The number of benzene rings is 1. The Hall–Kier alpha value is -3.10. The molecule has 1 aliphatic heterocycles. The average molecular weight is 449 g/mol. The fourth-order valence-electron chi connectivity index (χ4n) is 3.83. The summed E-state index contributed by atoms with van der Waals surface area (Å²) in [6.45, 7) is 8.51. The molecule has 2 heterocycles. The number of nitrogens with one attached hydrogen (secondary N) is 2. The van der Waals surface area contributed by atoms with E-state index >= 15 is 0 Å². The van der Waals surface area contributed by atoms with Crippen molar-refractivity contribution < 1.29 is 17.6 Å². The number of aromatic nitrogens is 2. The van der Waals surface area contributed by atoms with Gasteiger partial charge in [-0.25, -0.2) is 14.4 Å². The van der Waals surface area contributed by atoms with Crippen molar-refractivity contribution in [1.82, 2.24) is 15.3 Å². The maximum Gasteiger partial charge on any atom is 0.379 e. The van der Waals surface area contributed by atoms with Gasteiger partial charge in [-0.1, -0.05) is 19.6 Å². The van der Waals surface area contributed by atoms with Crippen LogP contribution in [0.5, 0.6) is 0 Å². The fraction of sp³-hybridized carbons (Fsp3) is 0.391. The molecule has 0 saturated carbocycles. The van der Waals surface area contributed by atoms with Gasteiger partial charge in [-0.05, 0) is 60.6 Å². The molecule has 0 radical (unpaired) electrons. The molecular weight excluding hydrogens is 422 g/mol. The number of allylic oxidation sites excluding steroid dienone is 1. The van der Waals surface area contributed by atoms with Crippen molar-refractivity contribution in [1.29, 1.82) is 0 Å². The monoisotopic (exact) mass is 449 g/mol. The van der Waals surface area contributed by atoms with E-state index in [4.69, 9.17) is 0 Å². The highest BCUT2D eigenvalue weighted by atomic mass is 19.4. The molecule has 1 aromatic heterocycles. The molecule has 1 fully saturated rings. The van der Waals surface area contributed by atoms with Crippen LogP contribution in [0.1, 0.15) is 31.9 Å². The van der Waals surface area contributed by atoms with Crippen molar-refractivity contribution in [3.05, 3.63) is 65.5 Å². The van der Waals surface area contributed by atoms with Gasteiger partial charge in [0, 0.05) is 19.1 Å². The zero-order valence-corrected chi connectivity index (χ0v) is 18.3. The molecule has 9 heteroatoms. The van der Waals surface area contributed by atoms with Crippen LogP contribution in [-0.2, 0) is 6.42 Å². The third-order valence-corrected chi connectivity index (χ3v) is 5.92. The quantitative estimate of drug-likeness (QED) is 0.598. The van der Waals surface area contributed by atoms with E-state index in [1.165, 1.54) is 17.2 Å². The molecule has 0 bridgehead atoms. The molecule has 2 atom stereocenters. The van der Waals surface area contributed by atoms with Crippen molar-refractivity contribution in [3.63, 3.8) is 0 Å². The summed E-state index contributed by atoms with van der Waals surface area (Å²) in [5.41, 5.74) is 5.36. The summed E-state index contributed by atoms with van der Waals surface area (Å²) in [7, 11) is 0. The Labute approximate surface area is 185 Å². The smallest absolute Gasteiger partial charge is 0.368 e. The second-order valence-electron chi connectivity index (χ2n) is 8.05. The Morgan fingerprint density at radius 1 is 1.22 bits per heavy atom. The number of fused-ring (bicyclic) bond motifs is 1.